The van der Waals surface area contributed by atoms with Crippen molar-refractivity contribution >= 4 is 5.91 Å². The van der Waals surface area contributed by atoms with Crippen LogP contribution in [0.2, 0.25) is 0 Å². The Morgan fingerprint density at radius 1 is 1.20 bits per heavy atom. The smallest absolute Gasteiger partial charge is 0.253 e. The van der Waals surface area contributed by atoms with Gasteiger partial charge in [0.15, 0.2) is 0 Å². The highest BCUT2D eigenvalue weighted by molar-refractivity contribution is 5.94. The van der Waals surface area contributed by atoms with Crippen LogP contribution in [0.1, 0.15) is 42.5 Å². The number of halogens is 1. The predicted molar refractivity (Wildman–Crippen MR) is 96.1 cm³/mol. The number of rotatable bonds is 5. The Balaban J connectivity index is 1.56. The summed E-state index contributed by atoms with van der Waals surface area (Å²) in [6.07, 6.45) is 5.91. The number of nitrogens with zero attached hydrogens (tertiary/aromatic N) is 2. The minimum absolute atomic E-state index is 0.0437. The molecule has 4 nitrogen and oxygen atoms in total. The molecular formula is C20H29FN2O2. The van der Waals surface area contributed by atoms with Gasteiger partial charge in [0.25, 0.3) is 5.91 Å². The number of amides is 1. The topological polar surface area (TPSA) is 32.8 Å². The van der Waals surface area contributed by atoms with E-state index in [1.54, 1.807) is 19.2 Å². The van der Waals surface area contributed by atoms with E-state index in [0.29, 0.717) is 17.5 Å². The first-order valence-electron chi connectivity index (χ1n) is 9.47. The highest BCUT2D eigenvalue weighted by Crippen LogP contribution is 2.30. The van der Waals surface area contributed by atoms with Gasteiger partial charge in [-0.3, -0.25) is 9.69 Å². The van der Waals surface area contributed by atoms with Crippen LogP contribution in [0.4, 0.5) is 4.39 Å². The second kappa shape index (κ2) is 8.77. The van der Waals surface area contributed by atoms with Crippen molar-refractivity contribution in [1.29, 1.82) is 0 Å². The zero-order valence-corrected chi connectivity index (χ0v) is 15.1. The van der Waals surface area contributed by atoms with Crippen LogP contribution in [-0.4, -0.2) is 61.6 Å². The SMILES string of the molecule is COCCN1CCCCC1C1CCN(C(=O)c2cccc(F)c2)CC1. The van der Waals surface area contributed by atoms with E-state index in [4.69, 9.17) is 4.74 Å². The number of hydrogen-bond acceptors (Lipinski definition) is 3. The zero-order valence-electron chi connectivity index (χ0n) is 15.1. The lowest BCUT2D eigenvalue weighted by atomic mass is 9.83. The number of piperidine rings is 2. The van der Waals surface area contributed by atoms with Gasteiger partial charge in [-0.15, -0.1) is 0 Å². The predicted octanol–water partition coefficient (Wildman–Crippen LogP) is 3.18. The first-order chi connectivity index (χ1) is 12.2. The molecule has 0 bridgehead atoms. The van der Waals surface area contributed by atoms with E-state index in [-0.39, 0.29) is 11.7 Å². The molecule has 3 rings (SSSR count). The quantitative estimate of drug-likeness (QED) is 0.819. The Morgan fingerprint density at radius 3 is 2.72 bits per heavy atom. The Kier molecular flexibility index (Phi) is 6.43. The number of benzene rings is 1. The van der Waals surface area contributed by atoms with Crippen LogP contribution in [0.25, 0.3) is 0 Å². The molecule has 0 spiro atoms. The third kappa shape index (κ3) is 4.59. The summed E-state index contributed by atoms with van der Waals surface area (Å²) in [6.45, 7) is 4.50. The molecule has 2 aliphatic rings. The van der Waals surface area contributed by atoms with Crippen LogP contribution < -0.4 is 0 Å². The molecule has 2 aliphatic heterocycles. The number of hydrogen-bond donors (Lipinski definition) is 0. The van der Waals surface area contributed by atoms with E-state index in [9.17, 15) is 9.18 Å². The van der Waals surface area contributed by atoms with Gasteiger partial charge in [0.2, 0.25) is 0 Å². The van der Waals surface area contributed by atoms with E-state index in [1.807, 2.05) is 4.90 Å². The summed E-state index contributed by atoms with van der Waals surface area (Å²) >= 11 is 0. The van der Waals surface area contributed by atoms with Gasteiger partial charge in [0.1, 0.15) is 5.82 Å². The average molecular weight is 348 g/mol. The van der Waals surface area contributed by atoms with Crippen LogP contribution in [0.3, 0.4) is 0 Å². The van der Waals surface area contributed by atoms with Gasteiger partial charge < -0.3 is 9.64 Å². The molecule has 2 heterocycles. The van der Waals surface area contributed by atoms with Crippen molar-refractivity contribution < 1.29 is 13.9 Å². The molecule has 0 saturated carbocycles. The summed E-state index contributed by atoms with van der Waals surface area (Å²) in [5.41, 5.74) is 0.456. The van der Waals surface area contributed by atoms with E-state index in [0.717, 1.165) is 45.6 Å². The molecule has 2 saturated heterocycles. The van der Waals surface area contributed by atoms with Crippen LogP contribution in [0.15, 0.2) is 24.3 Å². The Labute approximate surface area is 149 Å². The van der Waals surface area contributed by atoms with Crippen LogP contribution in [-0.2, 0) is 4.74 Å². The Hall–Kier alpha value is -1.46. The molecule has 5 heteroatoms. The summed E-state index contributed by atoms with van der Waals surface area (Å²) < 4.78 is 18.6. The van der Waals surface area contributed by atoms with E-state index in [2.05, 4.69) is 4.90 Å². The first kappa shape index (κ1) is 18.3. The van der Waals surface area contributed by atoms with Crippen LogP contribution >= 0.6 is 0 Å². The molecule has 0 radical (unpaired) electrons. The van der Waals surface area contributed by atoms with Gasteiger partial charge in [-0.1, -0.05) is 12.5 Å². The molecule has 0 aliphatic carbocycles. The fraction of sp³-hybridized carbons (Fsp3) is 0.650. The van der Waals surface area contributed by atoms with Crippen molar-refractivity contribution in [2.45, 2.75) is 38.1 Å². The van der Waals surface area contributed by atoms with Gasteiger partial charge >= 0.3 is 0 Å². The number of carbonyl (C=O) groups excluding carboxylic acids is 1. The molecule has 0 aromatic heterocycles. The van der Waals surface area contributed by atoms with Crippen molar-refractivity contribution in [2.75, 3.05) is 39.9 Å². The summed E-state index contributed by atoms with van der Waals surface area (Å²) in [6, 6.07) is 6.63. The molecule has 1 atom stereocenters. The highest BCUT2D eigenvalue weighted by atomic mass is 19.1. The second-order valence-electron chi connectivity index (χ2n) is 7.23. The average Bonchev–Trinajstić information content (AvgIpc) is 2.66. The third-order valence-corrected chi connectivity index (χ3v) is 5.69. The maximum absolute atomic E-state index is 13.4. The van der Waals surface area contributed by atoms with E-state index < -0.39 is 0 Å². The van der Waals surface area contributed by atoms with Crippen molar-refractivity contribution in [3.05, 3.63) is 35.6 Å². The van der Waals surface area contributed by atoms with Crippen molar-refractivity contribution in [1.82, 2.24) is 9.80 Å². The molecule has 138 valence electrons. The Morgan fingerprint density at radius 2 is 2.00 bits per heavy atom. The van der Waals surface area contributed by atoms with Crippen molar-refractivity contribution in [3.8, 4) is 0 Å². The number of methoxy groups -OCH3 is 1. The van der Waals surface area contributed by atoms with Crippen LogP contribution in [0, 0.1) is 11.7 Å². The molecule has 1 amide bonds. The molecule has 25 heavy (non-hydrogen) atoms. The highest BCUT2D eigenvalue weighted by Gasteiger charge is 2.33. The van der Waals surface area contributed by atoms with Crippen molar-refractivity contribution in [3.63, 3.8) is 0 Å². The monoisotopic (exact) mass is 348 g/mol. The summed E-state index contributed by atoms with van der Waals surface area (Å²) in [7, 11) is 1.76. The lowest BCUT2D eigenvalue weighted by Crippen LogP contribution is -2.49. The normalized spacial score (nSPS) is 23.0. The largest absolute Gasteiger partial charge is 0.383 e. The van der Waals surface area contributed by atoms with Crippen LogP contribution in [0.5, 0.6) is 0 Å². The molecule has 1 unspecified atom stereocenters. The van der Waals surface area contributed by atoms with Gasteiger partial charge in [-0.05, 0) is 56.3 Å². The standard InChI is InChI=1S/C20H29FN2O2/c1-25-14-13-22-10-3-2-7-19(22)16-8-11-23(12-9-16)20(24)17-5-4-6-18(21)15-17/h4-6,15-16,19H,2-3,7-14H2,1H3. The molecule has 1 aromatic rings. The molecule has 0 N–H and O–H groups in total. The molecular weight excluding hydrogens is 319 g/mol. The first-order valence-corrected chi connectivity index (χ1v) is 9.47. The number of carbonyl (C=O) groups is 1. The maximum Gasteiger partial charge on any atom is 0.253 e. The fourth-order valence-electron chi connectivity index (χ4n) is 4.33. The second-order valence-corrected chi connectivity index (χ2v) is 7.23. The molecule has 1 aromatic carbocycles. The van der Waals surface area contributed by atoms with E-state index in [1.165, 1.54) is 31.4 Å². The van der Waals surface area contributed by atoms with Gasteiger partial charge in [0.05, 0.1) is 6.61 Å². The minimum Gasteiger partial charge on any atom is -0.383 e. The maximum atomic E-state index is 13.4. The number of likely N-dealkylation sites (tertiary alicyclic amines) is 2. The van der Waals surface area contributed by atoms with Gasteiger partial charge in [-0.25, -0.2) is 4.39 Å². The summed E-state index contributed by atoms with van der Waals surface area (Å²) in [4.78, 5) is 17.0. The lowest BCUT2D eigenvalue weighted by molar-refractivity contribution is 0.0374. The lowest BCUT2D eigenvalue weighted by Gasteiger charge is -2.43. The zero-order chi connectivity index (χ0) is 17.6. The summed E-state index contributed by atoms with van der Waals surface area (Å²) in [5, 5.41) is 0. The molecule has 2 fully saturated rings. The minimum atomic E-state index is -0.350. The summed E-state index contributed by atoms with van der Waals surface area (Å²) in [5.74, 6) is 0.253. The fourth-order valence-corrected chi connectivity index (χ4v) is 4.33. The van der Waals surface area contributed by atoms with Crippen molar-refractivity contribution in [2.24, 2.45) is 5.92 Å². The van der Waals surface area contributed by atoms with E-state index >= 15 is 0 Å². The third-order valence-electron chi connectivity index (χ3n) is 5.69. The number of ether oxygens (including phenoxy) is 1. The van der Waals surface area contributed by atoms with Gasteiger partial charge in [0, 0.05) is 38.3 Å². The van der Waals surface area contributed by atoms with Gasteiger partial charge in [-0.2, -0.15) is 0 Å². The Bertz CT molecular complexity index is 573.